The van der Waals surface area contributed by atoms with Crippen molar-refractivity contribution in [2.75, 3.05) is 11.9 Å². The Labute approximate surface area is 93.0 Å². The highest BCUT2D eigenvalue weighted by Gasteiger charge is 2.05. The Morgan fingerprint density at radius 3 is 2.93 bits per heavy atom. The fourth-order valence-electron chi connectivity index (χ4n) is 1.30. The van der Waals surface area contributed by atoms with E-state index in [9.17, 15) is 0 Å². The van der Waals surface area contributed by atoms with Gasteiger partial charge in [-0.15, -0.1) is 0 Å². The van der Waals surface area contributed by atoms with Crippen molar-refractivity contribution in [3.63, 3.8) is 0 Å². The Balaban J connectivity index is 2.21. The van der Waals surface area contributed by atoms with Crippen molar-refractivity contribution in [2.45, 2.75) is 20.4 Å². The minimum atomic E-state index is 0.902. The first-order chi connectivity index (χ1) is 7.33. The van der Waals surface area contributed by atoms with Crippen LogP contribution in [0.3, 0.4) is 0 Å². The van der Waals surface area contributed by atoms with Crippen LogP contribution in [0.25, 0.3) is 10.4 Å². The van der Waals surface area contributed by atoms with Gasteiger partial charge in [0.15, 0.2) is 5.13 Å². The van der Waals surface area contributed by atoms with Crippen LogP contribution in [0, 0.1) is 0 Å². The van der Waals surface area contributed by atoms with E-state index in [1.54, 1.807) is 11.3 Å². The van der Waals surface area contributed by atoms with E-state index in [-0.39, 0.29) is 0 Å². The number of nitrogens with one attached hydrogen (secondary N) is 1. The van der Waals surface area contributed by atoms with Crippen molar-refractivity contribution in [1.29, 1.82) is 0 Å². The van der Waals surface area contributed by atoms with Gasteiger partial charge in [-0.25, -0.2) is 4.98 Å². The molecule has 0 unspecified atom stereocenters. The topological polar surface area (TPSA) is 42.7 Å². The third-order valence-electron chi connectivity index (χ3n) is 2.08. The molecule has 0 radical (unpaired) electrons. The lowest BCUT2D eigenvalue weighted by molar-refractivity contribution is 0.660. The van der Waals surface area contributed by atoms with Gasteiger partial charge >= 0.3 is 0 Å². The second-order valence-electron chi connectivity index (χ2n) is 3.14. The van der Waals surface area contributed by atoms with Gasteiger partial charge in [0.25, 0.3) is 0 Å². The Morgan fingerprint density at radius 2 is 2.27 bits per heavy atom. The number of anilines is 1. The standard InChI is InChI=1S/C10H14N4S/c1-3-11-10-12-6-9(15-10)8-5-13-14(4-2)7-8/h5-7H,3-4H2,1-2H3,(H,11,12). The summed E-state index contributed by atoms with van der Waals surface area (Å²) in [6.07, 6.45) is 5.82. The van der Waals surface area contributed by atoms with Gasteiger partial charge in [-0.2, -0.15) is 5.10 Å². The summed E-state index contributed by atoms with van der Waals surface area (Å²) < 4.78 is 1.92. The van der Waals surface area contributed by atoms with Gasteiger partial charge in [0, 0.05) is 31.0 Å². The van der Waals surface area contributed by atoms with E-state index in [0.717, 1.165) is 28.7 Å². The average molecular weight is 222 g/mol. The highest BCUT2D eigenvalue weighted by Crippen LogP contribution is 2.28. The number of thiazole rings is 1. The van der Waals surface area contributed by atoms with Crippen LogP contribution in [-0.2, 0) is 6.54 Å². The monoisotopic (exact) mass is 222 g/mol. The minimum Gasteiger partial charge on any atom is -0.362 e. The van der Waals surface area contributed by atoms with Crippen LogP contribution in [0.15, 0.2) is 18.6 Å². The maximum Gasteiger partial charge on any atom is 0.183 e. The Kier molecular flexibility index (Phi) is 3.01. The van der Waals surface area contributed by atoms with Gasteiger partial charge in [-0.3, -0.25) is 4.68 Å². The van der Waals surface area contributed by atoms with E-state index < -0.39 is 0 Å². The minimum absolute atomic E-state index is 0.902. The lowest BCUT2D eigenvalue weighted by Crippen LogP contribution is -1.94. The summed E-state index contributed by atoms with van der Waals surface area (Å²) >= 11 is 1.66. The van der Waals surface area contributed by atoms with E-state index >= 15 is 0 Å². The molecule has 0 aliphatic rings. The molecule has 0 saturated heterocycles. The quantitative estimate of drug-likeness (QED) is 0.864. The molecular weight excluding hydrogens is 208 g/mol. The summed E-state index contributed by atoms with van der Waals surface area (Å²) in [7, 11) is 0. The third-order valence-corrected chi connectivity index (χ3v) is 3.08. The molecule has 15 heavy (non-hydrogen) atoms. The summed E-state index contributed by atoms with van der Waals surface area (Å²) in [5, 5.41) is 8.41. The van der Waals surface area contributed by atoms with Crippen LogP contribution in [-0.4, -0.2) is 21.3 Å². The van der Waals surface area contributed by atoms with Crippen molar-refractivity contribution in [2.24, 2.45) is 0 Å². The molecule has 0 amide bonds. The first kappa shape index (κ1) is 10.2. The third kappa shape index (κ3) is 2.18. The van der Waals surface area contributed by atoms with E-state index in [0.29, 0.717) is 0 Å². The molecule has 0 aliphatic heterocycles. The predicted octanol–water partition coefficient (Wildman–Crippen LogP) is 2.46. The molecule has 1 N–H and O–H groups in total. The summed E-state index contributed by atoms with van der Waals surface area (Å²) in [5.74, 6) is 0. The zero-order chi connectivity index (χ0) is 10.7. The second kappa shape index (κ2) is 4.44. The van der Waals surface area contributed by atoms with Gasteiger partial charge in [0.05, 0.1) is 11.1 Å². The van der Waals surface area contributed by atoms with Crippen molar-refractivity contribution in [1.82, 2.24) is 14.8 Å². The first-order valence-electron chi connectivity index (χ1n) is 5.06. The van der Waals surface area contributed by atoms with Crippen LogP contribution < -0.4 is 5.32 Å². The Morgan fingerprint density at radius 1 is 1.40 bits per heavy atom. The molecule has 0 spiro atoms. The molecule has 0 atom stereocenters. The molecule has 0 fully saturated rings. The predicted molar refractivity (Wildman–Crippen MR) is 63.2 cm³/mol. The zero-order valence-electron chi connectivity index (χ0n) is 8.90. The largest absolute Gasteiger partial charge is 0.362 e. The molecule has 2 heterocycles. The van der Waals surface area contributed by atoms with Crippen LogP contribution in [0.1, 0.15) is 13.8 Å². The second-order valence-corrected chi connectivity index (χ2v) is 4.18. The number of aryl methyl sites for hydroxylation is 1. The molecule has 4 nitrogen and oxygen atoms in total. The molecule has 80 valence electrons. The lowest BCUT2D eigenvalue weighted by atomic mass is 10.3. The lowest BCUT2D eigenvalue weighted by Gasteiger charge is -1.93. The zero-order valence-corrected chi connectivity index (χ0v) is 9.71. The Hall–Kier alpha value is -1.36. The fourth-order valence-corrected chi connectivity index (χ4v) is 2.16. The van der Waals surface area contributed by atoms with Crippen molar-refractivity contribution in [3.8, 4) is 10.4 Å². The molecule has 2 aromatic heterocycles. The molecule has 5 heteroatoms. The highest BCUT2D eigenvalue weighted by atomic mass is 32.1. The molecule has 2 aromatic rings. The number of aromatic nitrogens is 3. The van der Waals surface area contributed by atoms with Crippen LogP contribution >= 0.6 is 11.3 Å². The van der Waals surface area contributed by atoms with Crippen molar-refractivity contribution < 1.29 is 0 Å². The van der Waals surface area contributed by atoms with Crippen molar-refractivity contribution in [3.05, 3.63) is 18.6 Å². The first-order valence-corrected chi connectivity index (χ1v) is 5.87. The molecule has 0 aromatic carbocycles. The van der Waals surface area contributed by atoms with Gasteiger partial charge in [0.1, 0.15) is 0 Å². The molecule has 2 rings (SSSR count). The molecule has 0 aliphatic carbocycles. The average Bonchev–Trinajstić information content (AvgIpc) is 2.85. The van der Waals surface area contributed by atoms with Gasteiger partial charge in [-0.1, -0.05) is 11.3 Å². The molecule has 0 bridgehead atoms. The van der Waals surface area contributed by atoms with E-state index in [2.05, 4.69) is 29.2 Å². The van der Waals surface area contributed by atoms with E-state index in [4.69, 9.17) is 0 Å². The fraction of sp³-hybridized carbons (Fsp3) is 0.400. The highest BCUT2D eigenvalue weighted by molar-refractivity contribution is 7.18. The van der Waals surface area contributed by atoms with Gasteiger partial charge in [0.2, 0.25) is 0 Å². The SMILES string of the molecule is CCNc1ncc(-c2cnn(CC)c2)s1. The number of rotatable bonds is 4. The number of hydrogen-bond acceptors (Lipinski definition) is 4. The maximum atomic E-state index is 4.29. The molecule has 0 saturated carbocycles. The van der Waals surface area contributed by atoms with Crippen molar-refractivity contribution >= 4 is 16.5 Å². The summed E-state index contributed by atoms with van der Waals surface area (Å²) in [6, 6.07) is 0. The summed E-state index contributed by atoms with van der Waals surface area (Å²) in [6.45, 7) is 5.95. The van der Waals surface area contributed by atoms with E-state index in [1.165, 1.54) is 0 Å². The maximum absolute atomic E-state index is 4.29. The van der Waals surface area contributed by atoms with Gasteiger partial charge < -0.3 is 5.32 Å². The number of hydrogen-bond donors (Lipinski definition) is 1. The Bertz CT molecular complexity index is 432. The molecular formula is C10H14N4S. The van der Waals surface area contributed by atoms with Gasteiger partial charge in [-0.05, 0) is 13.8 Å². The van der Waals surface area contributed by atoms with Crippen LogP contribution in [0.5, 0.6) is 0 Å². The number of nitrogens with zero attached hydrogens (tertiary/aromatic N) is 3. The summed E-state index contributed by atoms with van der Waals surface area (Å²) in [5.41, 5.74) is 1.14. The van der Waals surface area contributed by atoms with Crippen LogP contribution in [0.2, 0.25) is 0 Å². The normalized spacial score (nSPS) is 10.5. The van der Waals surface area contributed by atoms with Crippen LogP contribution in [0.4, 0.5) is 5.13 Å². The summed E-state index contributed by atoms with van der Waals surface area (Å²) in [4.78, 5) is 5.45. The van der Waals surface area contributed by atoms with E-state index in [1.807, 2.05) is 23.3 Å². The smallest absolute Gasteiger partial charge is 0.183 e.